The smallest absolute Gasteiger partial charge is 0.410 e. The van der Waals surface area contributed by atoms with Crippen molar-refractivity contribution in [2.45, 2.75) is 26.4 Å². The number of nitrogens with zero attached hydrogens (tertiary/aromatic N) is 5. The number of aliphatic imine (C=N–C) groups is 1. The molecule has 0 N–H and O–H groups in total. The number of amides is 1. The van der Waals surface area contributed by atoms with E-state index < -0.39 is 5.60 Å². The predicted octanol–water partition coefficient (Wildman–Crippen LogP) is 1.95. The number of hydrogen-bond donors (Lipinski definition) is 0. The summed E-state index contributed by atoms with van der Waals surface area (Å²) in [6.07, 6.45) is -0.320. The lowest BCUT2D eigenvalue weighted by molar-refractivity contribution is 0.00684. The Balaban J connectivity index is 2.48. The van der Waals surface area contributed by atoms with E-state index in [4.69, 9.17) is 4.74 Å². The lowest BCUT2D eigenvalue weighted by Gasteiger charge is -2.38. The molecule has 100 valence electrons. The van der Waals surface area contributed by atoms with Crippen molar-refractivity contribution in [3.05, 3.63) is 0 Å². The van der Waals surface area contributed by atoms with Crippen molar-refractivity contribution in [3.63, 3.8) is 0 Å². The summed E-state index contributed by atoms with van der Waals surface area (Å²) in [6.45, 7) is 9.97. The van der Waals surface area contributed by atoms with E-state index in [1.54, 1.807) is 4.90 Å². The molecule has 1 aliphatic heterocycles. The fourth-order valence-corrected chi connectivity index (χ4v) is 1.45. The van der Waals surface area contributed by atoms with Crippen LogP contribution in [0.25, 0.3) is 0 Å². The summed E-state index contributed by atoms with van der Waals surface area (Å²) in [7, 11) is 1.53. The van der Waals surface area contributed by atoms with Gasteiger partial charge in [0.25, 0.3) is 0 Å². The van der Waals surface area contributed by atoms with Gasteiger partial charge in [-0.3, -0.25) is 0 Å². The Hall–Kier alpha value is -1.79. The number of hydrogen-bond acceptors (Lipinski definition) is 4. The Bertz CT molecular complexity index is 377. The average molecular weight is 253 g/mol. The van der Waals surface area contributed by atoms with E-state index in [9.17, 15) is 4.79 Å². The first kappa shape index (κ1) is 14.3. The zero-order valence-electron chi connectivity index (χ0n) is 11.3. The zero-order chi connectivity index (χ0) is 13.8. The van der Waals surface area contributed by atoms with Gasteiger partial charge in [0.05, 0.1) is 13.0 Å². The van der Waals surface area contributed by atoms with Crippen LogP contribution in [0.5, 0.6) is 0 Å². The van der Waals surface area contributed by atoms with Crippen LogP contribution < -0.4 is 0 Å². The third-order valence-electron chi connectivity index (χ3n) is 2.30. The second-order valence-electron chi connectivity index (χ2n) is 4.99. The second-order valence-corrected chi connectivity index (χ2v) is 4.99. The van der Waals surface area contributed by atoms with Crippen LogP contribution in [-0.2, 0) is 4.74 Å². The molecule has 7 nitrogen and oxygen atoms in total. The number of ether oxygens (including phenoxy) is 1. The van der Waals surface area contributed by atoms with Gasteiger partial charge in [-0.25, -0.2) is 9.79 Å². The molecule has 0 aromatic carbocycles. The zero-order valence-corrected chi connectivity index (χ0v) is 11.3. The van der Waals surface area contributed by atoms with Crippen molar-refractivity contribution >= 4 is 18.6 Å². The second kappa shape index (κ2) is 5.70. The van der Waals surface area contributed by atoms with Gasteiger partial charge in [0.15, 0.2) is 5.84 Å². The van der Waals surface area contributed by atoms with E-state index in [2.05, 4.69) is 27.1 Å². The number of likely N-dealkylation sites (tertiary alicyclic amines) is 1. The molecule has 18 heavy (non-hydrogen) atoms. The van der Waals surface area contributed by atoms with Crippen LogP contribution in [0.3, 0.4) is 0 Å². The summed E-state index contributed by atoms with van der Waals surface area (Å²) in [6, 6.07) is 0. The molecule has 1 amide bonds. The molecule has 7 heteroatoms. The summed E-state index contributed by atoms with van der Waals surface area (Å²) in [5.74, 6) is 0.556. The lowest BCUT2D eigenvalue weighted by Crippen LogP contribution is -2.54. The summed E-state index contributed by atoms with van der Waals surface area (Å²) in [5.41, 5.74) is -0.480. The lowest BCUT2D eigenvalue weighted by atomic mass is 10.00. The molecule has 1 saturated heterocycles. The van der Waals surface area contributed by atoms with Crippen LogP contribution in [0, 0.1) is 5.92 Å². The molecule has 1 aliphatic rings. The standard InChI is InChI=1S/C11H19N5O2/c1-11(2,3)18-10(17)16-6-8(7-16)9(12-4)14-15-13-5/h8H,4,6-7H2,1-3,5H3/b14-9-,15-13-. The third kappa shape index (κ3) is 3.90. The van der Waals surface area contributed by atoms with Gasteiger partial charge in [0, 0.05) is 13.1 Å². The SMILES string of the molecule is C=N/C(=N\N=N/C)C1CN(C(=O)OC(C)(C)C)C1. The monoisotopic (exact) mass is 253 g/mol. The van der Waals surface area contributed by atoms with E-state index in [1.165, 1.54) is 7.05 Å². The van der Waals surface area contributed by atoms with Gasteiger partial charge in [-0.15, -0.1) is 5.10 Å². The summed E-state index contributed by atoms with van der Waals surface area (Å²) in [4.78, 5) is 17.1. The average Bonchev–Trinajstić information content (AvgIpc) is 2.18. The van der Waals surface area contributed by atoms with Gasteiger partial charge in [-0.1, -0.05) is 0 Å². The molecule has 0 aromatic heterocycles. The van der Waals surface area contributed by atoms with Crippen molar-refractivity contribution in [2.75, 3.05) is 20.1 Å². The van der Waals surface area contributed by atoms with E-state index in [0.29, 0.717) is 18.9 Å². The Morgan fingerprint density at radius 1 is 1.39 bits per heavy atom. The van der Waals surface area contributed by atoms with Crippen LogP contribution in [0.15, 0.2) is 20.4 Å². The number of carbonyl (C=O) groups excluding carboxylic acids is 1. The Kier molecular flexibility index (Phi) is 4.52. The van der Waals surface area contributed by atoms with E-state index in [-0.39, 0.29) is 12.0 Å². The highest BCUT2D eigenvalue weighted by Gasteiger charge is 2.36. The van der Waals surface area contributed by atoms with Gasteiger partial charge < -0.3 is 9.64 Å². The van der Waals surface area contributed by atoms with Crippen LogP contribution in [0.4, 0.5) is 4.79 Å². The molecule has 0 spiro atoms. The predicted molar refractivity (Wildman–Crippen MR) is 69.1 cm³/mol. The molecule has 0 radical (unpaired) electrons. The van der Waals surface area contributed by atoms with Crippen molar-refractivity contribution < 1.29 is 9.53 Å². The van der Waals surface area contributed by atoms with Gasteiger partial charge >= 0.3 is 6.09 Å². The molecule has 0 unspecified atom stereocenters. The van der Waals surface area contributed by atoms with E-state index in [1.807, 2.05) is 20.8 Å². The number of carbonyl (C=O) groups is 1. The van der Waals surface area contributed by atoms with E-state index in [0.717, 1.165) is 0 Å². The van der Waals surface area contributed by atoms with Crippen molar-refractivity contribution in [1.82, 2.24) is 4.90 Å². The van der Waals surface area contributed by atoms with Gasteiger partial charge in [-0.2, -0.15) is 5.11 Å². The molecular formula is C11H19N5O2. The first-order chi connectivity index (χ1) is 8.37. The maximum atomic E-state index is 11.7. The molecule has 0 saturated carbocycles. The molecule has 1 heterocycles. The van der Waals surface area contributed by atoms with Crippen molar-refractivity contribution in [2.24, 2.45) is 26.3 Å². The van der Waals surface area contributed by atoms with Crippen LogP contribution in [0.2, 0.25) is 0 Å². The Labute approximate surface area is 107 Å². The van der Waals surface area contributed by atoms with Gasteiger partial charge in [-0.05, 0) is 32.7 Å². The highest BCUT2D eigenvalue weighted by atomic mass is 16.6. The van der Waals surface area contributed by atoms with Gasteiger partial charge in [0.2, 0.25) is 0 Å². The summed E-state index contributed by atoms with van der Waals surface area (Å²) >= 11 is 0. The third-order valence-corrected chi connectivity index (χ3v) is 2.30. The maximum absolute atomic E-state index is 11.7. The van der Waals surface area contributed by atoms with Crippen LogP contribution >= 0.6 is 0 Å². The molecule has 0 atom stereocenters. The first-order valence-electron chi connectivity index (χ1n) is 5.68. The fourth-order valence-electron chi connectivity index (χ4n) is 1.45. The van der Waals surface area contributed by atoms with Crippen molar-refractivity contribution in [1.29, 1.82) is 0 Å². The largest absolute Gasteiger partial charge is 0.444 e. The minimum atomic E-state index is -0.480. The van der Waals surface area contributed by atoms with Crippen molar-refractivity contribution in [3.8, 4) is 0 Å². The molecule has 1 fully saturated rings. The molecular weight excluding hydrogens is 234 g/mol. The van der Waals surface area contributed by atoms with Crippen LogP contribution in [-0.4, -0.2) is 49.3 Å². The normalized spacial score (nSPS) is 17.8. The van der Waals surface area contributed by atoms with E-state index >= 15 is 0 Å². The number of rotatable bonds is 2. The Morgan fingerprint density at radius 2 is 2.00 bits per heavy atom. The molecule has 0 bridgehead atoms. The van der Waals surface area contributed by atoms with Crippen LogP contribution in [0.1, 0.15) is 20.8 Å². The molecule has 1 rings (SSSR count). The fraction of sp³-hybridized carbons (Fsp3) is 0.727. The minimum absolute atomic E-state index is 0.0560. The number of amidine groups is 1. The molecule has 0 aliphatic carbocycles. The highest BCUT2D eigenvalue weighted by Crippen LogP contribution is 2.21. The maximum Gasteiger partial charge on any atom is 0.410 e. The topological polar surface area (TPSA) is 79.0 Å². The summed E-state index contributed by atoms with van der Waals surface area (Å²) < 4.78 is 5.24. The highest BCUT2D eigenvalue weighted by molar-refractivity contribution is 5.90. The quantitative estimate of drug-likeness (QED) is 0.326. The van der Waals surface area contributed by atoms with Gasteiger partial charge in [0.1, 0.15) is 5.60 Å². The first-order valence-corrected chi connectivity index (χ1v) is 5.68. The Morgan fingerprint density at radius 3 is 2.44 bits per heavy atom. The summed E-state index contributed by atoms with van der Waals surface area (Å²) in [5, 5.41) is 10.8. The molecule has 0 aromatic rings. The minimum Gasteiger partial charge on any atom is -0.444 e.